The highest BCUT2D eigenvalue weighted by atomic mass is 31.2. The van der Waals surface area contributed by atoms with E-state index in [4.69, 9.17) is 27.1 Å². The summed E-state index contributed by atoms with van der Waals surface area (Å²) in [5.74, 6) is 2.92. The summed E-state index contributed by atoms with van der Waals surface area (Å²) in [6.45, 7) is 0.0260. The summed E-state index contributed by atoms with van der Waals surface area (Å²) in [5.41, 5.74) is 0.524. The van der Waals surface area contributed by atoms with Gasteiger partial charge in [0.1, 0.15) is 35.3 Å². The second-order valence-corrected chi connectivity index (χ2v) is 14.7. The van der Waals surface area contributed by atoms with Crippen molar-refractivity contribution in [3.63, 3.8) is 0 Å². The van der Waals surface area contributed by atoms with E-state index in [1.807, 2.05) is 152 Å². The molecule has 7 nitrogen and oxygen atoms in total. The lowest BCUT2D eigenvalue weighted by molar-refractivity contribution is 0.250. The molecule has 1 heterocycles. The Bertz CT molecular complexity index is 2600. The van der Waals surface area contributed by atoms with Crippen LogP contribution in [0.1, 0.15) is 5.69 Å². The van der Waals surface area contributed by atoms with Crippen LogP contribution in [0.5, 0.6) is 28.7 Å². The first-order chi connectivity index (χ1) is 27.2. The van der Waals surface area contributed by atoms with Crippen LogP contribution >= 0.6 is 17.2 Å². The third-order valence-corrected chi connectivity index (χ3v) is 11.1. The molecule has 0 atom stereocenters. The molecule has 0 radical (unpaired) electrons. The van der Waals surface area contributed by atoms with Gasteiger partial charge in [0.2, 0.25) is 0 Å². The third kappa shape index (κ3) is 8.31. The van der Waals surface area contributed by atoms with Gasteiger partial charge in [-0.05, 0) is 104 Å². The summed E-state index contributed by atoms with van der Waals surface area (Å²) in [4.78, 5) is 4.64. The van der Waals surface area contributed by atoms with Crippen LogP contribution in [0.3, 0.4) is 0 Å². The fraction of sp³-hybridized carbons (Fsp3) is 0.0217. The Morgan fingerprint density at radius 1 is 0.345 bits per heavy atom. The van der Waals surface area contributed by atoms with E-state index < -0.39 is 17.2 Å². The Kier molecular flexibility index (Phi) is 10.1. The second kappa shape index (κ2) is 16.0. The Labute approximate surface area is 320 Å². The molecular weight excluding hydrogens is 724 g/mol. The SMILES string of the molecule is c1cnc(COP(Oc2ccc3ccccc3c2)Oc2ccc3ccccc3c2)c(OP(Oc2ccc3ccccc3c2)Oc2ccc3ccccc3c2)c1. The maximum Gasteiger partial charge on any atom is 0.530 e. The predicted octanol–water partition coefficient (Wildman–Crippen LogP) is 13.4. The second-order valence-electron chi connectivity index (χ2n) is 12.7. The summed E-state index contributed by atoms with van der Waals surface area (Å²) < 4.78 is 38.7. The van der Waals surface area contributed by atoms with Crippen LogP contribution in [0, 0.1) is 0 Å². The Balaban J connectivity index is 0.989. The lowest BCUT2D eigenvalue weighted by Crippen LogP contribution is -2.06. The molecule has 0 unspecified atom stereocenters. The molecule has 9 rings (SSSR count). The van der Waals surface area contributed by atoms with Crippen LogP contribution in [-0.4, -0.2) is 4.98 Å². The standard InChI is InChI=1S/C46H33NO6P2/c1-5-14-37-28-41(23-19-33(37)10-1)49-54(50-42-24-20-34-11-2-6-15-38(34)29-42)48-32-45-46(18-9-27-47-45)53-55(51-43-25-21-35-12-3-7-16-39(35)30-43)52-44-26-22-36-13-4-8-17-40(36)31-44/h1-31H,32H2. The molecule has 0 spiro atoms. The molecule has 0 N–H and O–H groups in total. The van der Waals surface area contributed by atoms with Crippen LogP contribution in [-0.2, 0) is 11.1 Å². The van der Waals surface area contributed by atoms with E-state index in [9.17, 15) is 0 Å². The fourth-order valence-electron chi connectivity index (χ4n) is 6.18. The van der Waals surface area contributed by atoms with E-state index in [-0.39, 0.29) is 6.61 Å². The topological polar surface area (TPSA) is 68.3 Å². The Morgan fingerprint density at radius 2 is 0.709 bits per heavy atom. The molecule has 0 fully saturated rings. The van der Waals surface area contributed by atoms with Crippen LogP contribution in [0.4, 0.5) is 0 Å². The van der Waals surface area contributed by atoms with Gasteiger partial charge in [-0.25, -0.2) is 0 Å². The molecule has 0 aliphatic rings. The van der Waals surface area contributed by atoms with Gasteiger partial charge in [0.25, 0.3) is 0 Å². The monoisotopic (exact) mass is 757 g/mol. The Hall–Kier alpha value is -6.23. The minimum atomic E-state index is -2.01. The van der Waals surface area contributed by atoms with Crippen molar-refractivity contribution in [3.8, 4) is 28.7 Å². The van der Waals surface area contributed by atoms with E-state index in [0.29, 0.717) is 34.4 Å². The molecule has 0 aliphatic carbocycles. The van der Waals surface area contributed by atoms with Gasteiger partial charge in [-0.15, -0.1) is 0 Å². The zero-order valence-electron chi connectivity index (χ0n) is 29.4. The smallest absolute Gasteiger partial charge is 0.418 e. The van der Waals surface area contributed by atoms with Crippen molar-refractivity contribution >= 4 is 60.3 Å². The zero-order chi connectivity index (χ0) is 36.8. The van der Waals surface area contributed by atoms with Crippen molar-refractivity contribution in [2.45, 2.75) is 6.61 Å². The van der Waals surface area contributed by atoms with Gasteiger partial charge in [-0.1, -0.05) is 121 Å². The van der Waals surface area contributed by atoms with E-state index in [0.717, 1.165) is 43.1 Å². The van der Waals surface area contributed by atoms with Gasteiger partial charge >= 0.3 is 17.2 Å². The van der Waals surface area contributed by atoms with Crippen molar-refractivity contribution in [1.29, 1.82) is 0 Å². The molecular formula is C46H33NO6P2. The van der Waals surface area contributed by atoms with Crippen molar-refractivity contribution < 1.29 is 27.1 Å². The van der Waals surface area contributed by atoms with Gasteiger partial charge < -0.3 is 22.6 Å². The number of hydrogen-bond acceptors (Lipinski definition) is 7. The summed E-state index contributed by atoms with van der Waals surface area (Å²) in [6, 6.07) is 59.8. The van der Waals surface area contributed by atoms with Crippen molar-refractivity contribution in [2.24, 2.45) is 0 Å². The quantitative estimate of drug-likeness (QED) is 0.108. The van der Waals surface area contributed by atoms with Crippen LogP contribution in [0.2, 0.25) is 0 Å². The van der Waals surface area contributed by atoms with Crippen molar-refractivity contribution in [1.82, 2.24) is 4.98 Å². The van der Waals surface area contributed by atoms with Crippen molar-refractivity contribution in [3.05, 3.63) is 194 Å². The first kappa shape index (κ1) is 34.5. The van der Waals surface area contributed by atoms with Crippen LogP contribution in [0.15, 0.2) is 188 Å². The van der Waals surface area contributed by atoms with Gasteiger partial charge in [-0.2, -0.15) is 0 Å². The first-order valence-electron chi connectivity index (χ1n) is 17.7. The molecule has 55 heavy (non-hydrogen) atoms. The molecule has 0 bridgehead atoms. The molecule has 0 aliphatic heterocycles. The average Bonchev–Trinajstić information content (AvgIpc) is 3.23. The summed E-state index contributed by atoms with van der Waals surface area (Å²) in [5, 5.41) is 8.62. The maximum atomic E-state index is 6.55. The first-order valence-corrected chi connectivity index (χ1v) is 19.9. The minimum absolute atomic E-state index is 0.0260. The number of hydrogen-bond donors (Lipinski definition) is 0. The van der Waals surface area contributed by atoms with E-state index in [1.54, 1.807) is 12.3 Å². The molecule has 9 heteroatoms. The number of rotatable bonds is 13. The average molecular weight is 758 g/mol. The summed E-state index contributed by atoms with van der Waals surface area (Å²) >= 11 is 0. The maximum absolute atomic E-state index is 6.55. The third-order valence-electron chi connectivity index (χ3n) is 8.93. The molecule has 8 aromatic carbocycles. The normalized spacial score (nSPS) is 11.4. The van der Waals surface area contributed by atoms with Gasteiger partial charge in [0.15, 0.2) is 5.75 Å². The molecule has 0 amide bonds. The van der Waals surface area contributed by atoms with E-state index in [1.165, 1.54) is 0 Å². The molecule has 9 aromatic rings. The van der Waals surface area contributed by atoms with Gasteiger partial charge in [0.05, 0.1) is 0 Å². The number of nitrogens with zero attached hydrogens (tertiary/aromatic N) is 1. The van der Waals surface area contributed by atoms with Crippen molar-refractivity contribution in [2.75, 3.05) is 0 Å². The number of aromatic nitrogens is 1. The fourth-order valence-corrected chi connectivity index (χ4v) is 8.13. The number of pyridine rings is 1. The van der Waals surface area contributed by atoms with Crippen LogP contribution in [0.25, 0.3) is 43.1 Å². The largest absolute Gasteiger partial charge is 0.530 e. The summed E-state index contributed by atoms with van der Waals surface area (Å²) in [6.07, 6.45) is 1.69. The predicted molar refractivity (Wildman–Crippen MR) is 222 cm³/mol. The summed E-state index contributed by atoms with van der Waals surface area (Å²) in [7, 11) is -3.96. The molecule has 0 saturated carbocycles. The lowest BCUT2D eigenvalue weighted by atomic mass is 10.1. The van der Waals surface area contributed by atoms with Crippen LogP contribution < -0.4 is 22.6 Å². The van der Waals surface area contributed by atoms with E-state index >= 15 is 0 Å². The zero-order valence-corrected chi connectivity index (χ0v) is 31.2. The molecule has 268 valence electrons. The highest BCUT2D eigenvalue weighted by molar-refractivity contribution is 7.43. The highest BCUT2D eigenvalue weighted by Gasteiger charge is 2.25. The van der Waals surface area contributed by atoms with E-state index in [2.05, 4.69) is 29.2 Å². The Morgan fingerprint density at radius 3 is 1.11 bits per heavy atom. The molecule has 1 aromatic heterocycles. The van der Waals surface area contributed by atoms with Gasteiger partial charge in [-0.3, -0.25) is 9.51 Å². The minimum Gasteiger partial charge on any atom is -0.418 e. The number of benzene rings is 8. The highest BCUT2D eigenvalue weighted by Crippen LogP contribution is 2.46. The van der Waals surface area contributed by atoms with Gasteiger partial charge in [0, 0.05) is 6.20 Å². The molecule has 0 saturated heterocycles. The lowest BCUT2D eigenvalue weighted by Gasteiger charge is -2.21. The number of fused-ring (bicyclic) bond motifs is 4.